The molecule has 1 fully saturated rings. The highest BCUT2D eigenvalue weighted by molar-refractivity contribution is 5.87. The molecule has 1 saturated heterocycles. The fourth-order valence-electron chi connectivity index (χ4n) is 3.49. The summed E-state index contributed by atoms with van der Waals surface area (Å²) >= 11 is 0. The molecule has 2 aromatic rings. The Morgan fingerprint density at radius 2 is 2.33 bits per heavy atom. The molecule has 130 valence electrons. The molecule has 2 atom stereocenters. The van der Waals surface area contributed by atoms with Crippen LogP contribution in [0.2, 0.25) is 0 Å². The lowest BCUT2D eigenvalue weighted by atomic mass is 9.86. The molecule has 3 rings (SSSR count). The SMILES string of the molecule is CN(C[C@@H]1CCCN(C)[C@H]1c1cnn(C)c1)C(=O)Nc1ccon1. The summed E-state index contributed by atoms with van der Waals surface area (Å²) in [5, 5.41) is 10.7. The number of aromatic nitrogens is 3. The largest absolute Gasteiger partial charge is 0.363 e. The van der Waals surface area contributed by atoms with Gasteiger partial charge in [0, 0.05) is 44.5 Å². The summed E-state index contributed by atoms with van der Waals surface area (Å²) in [6.45, 7) is 1.73. The van der Waals surface area contributed by atoms with Gasteiger partial charge < -0.3 is 9.42 Å². The van der Waals surface area contributed by atoms with Crippen LogP contribution in [0.3, 0.4) is 0 Å². The Bertz CT molecular complexity index is 668. The van der Waals surface area contributed by atoms with E-state index in [-0.39, 0.29) is 12.1 Å². The van der Waals surface area contributed by atoms with E-state index in [1.807, 2.05) is 25.0 Å². The number of aryl methyl sites for hydroxylation is 1. The molecule has 1 N–H and O–H groups in total. The minimum Gasteiger partial charge on any atom is -0.363 e. The van der Waals surface area contributed by atoms with E-state index in [1.54, 1.807) is 11.0 Å². The van der Waals surface area contributed by atoms with Gasteiger partial charge >= 0.3 is 6.03 Å². The van der Waals surface area contributed by atoms with Crippen molar-refractivity contribution < 1.29 is 9.32 Å². The van der Waals surface area contributed by atoms with Crippen molar-refractivity contribution >= 4 is 11.8 Å². The molecule has 24 heavy (non-hydrogen) atoms. The summed E-state index contributed by atoms with van der Waals surface area (Å²) in [6, 6.07) is 1.72. The van der Waals surface area contributed by atoms with Crippen LogP contribution in [-0.2, 0) is 7.05 Å². The number of piperidine rings is 1. The minimum absolute atomic E-state index is 0.179. The molecule has 0 aromatic carbocycles. The monoisotopic (exact) mass is 332 g/mol. The lowest BCUT2D eigenvalue weighted by Crippen LogP contribution is -2.43. The van der Waals surface area contributed by atoms with Gasteiger partial charge in [0.1, 0.15) is 6.26 Å². The summed E-state index contributed by atoms with van der Waals surface area (Å²) in [4.78, 5) is 16.4. The maximum atomic E-state index is 12.3. The van der Waals surface area contributed by atoms with Gasteiger partial charge in [-0.2, -0.15) is 5.10 Å². The van der Waals surface area contributed by atoms with E-state index in [2.05, 4.69) is 33.7 Å². The second-order valence-corrected chi connectivity index (χ2v) is 6.47. The second-order valence-electron chi connectivity index (χ2n) is 6.47. The van der Waals surface area contributed by atoms with Crippen LogP contribution >= 0.6 is 0 Å². The molecular formula is C16H24N6O2. The summed E-state index contributed by atoms with van der Waals surface area (Å²) in [7, 11) is 5.88. The van der Waals surface area contributed by atoms with E-state index in [1.165, 1.54) is 11.8 Å². The van der Waals surface area contributed by atoms with Crippen LogP contribution in [0.1, 0.15) is 24.4 Å². The summed E-state index contributed by atoms with van der Waals surface area (Å²) in [5.74, 6) is 0.789. The first-order valence-electron chi connectivity index (χ1n) is 8.16. The molecule has 1 aliphatic rings. The van der Waals surface area contributed by atoms with E-state index in [0.29, 0.717) is 18.3 Å². The lowest BCUT2D eigenvalue weighted by molar-refractivity contribution is 0.101. The molecule has 8 nitrogen and oxygen atoms in total. The average molecular weight is 332 g/mol. The third-order valence-electron chi connectivity index (χ3n) is 4.60. The second kappa shape index (κ2) is 7.04. The summed E-state index contributed by atoms with van der Waals surface area (Å²) in [6.07, 6.45) is 7.65. The highest BCUT2D eigenvalue weighted by atomic mass is 16.5. The molecule has 2 amide bonds. The Morgan fingerprint density at radius 3 is 3.00 bits per heavy atom. The first-order chi connectivity index (χ1) is 11.5. The lowest BCUT2D eigenvalue weighted by Gasteiger charge is -2.40. The number of nitrogens with zero attached hydrogens (tertiary/aromatic N) is 5. The van der Waals surface area contributed by atoms with Crippen molar-refractivity contribution in [3.8, 4) is 0 Å². The Morgan fingerprint density at radius 1 is 1.50 bits per heavy atom. The predicted molar refractivity (Wildman–Crippen MR) is 89.5 cm³/mol. The summed E-state index contributed by atoms with van der Waals surface area (Å²) < 4.78 is 6.57. The van der Waals surface area contributed by atoms with Gasteiger partial charge in [-0.05, 0) is 32.4 Å². The van der Waals surface area contributed by atoms with Gasteiger partial charge in [-0.1, -0.05) is 5.16 Å². The molecular weight excluding hydrogens is 308 g/mol. The fourth-order valence-corrected chi connectivity index (χ4v) is 3.49. The van der Waals surface area contributed by atoms with Gasteiger partial charge in [-0.3, -0.25) is 14.9 Å². The number of hydrogen-bond acceptors (Lipinski definition) is 5. The normalized spacial score (nSPS) is 21.6. The van der Waals surface area contributed by atoms with E-state index in [4.69, 9.17) is 4.52 Å². The van der Waals surface area contributed by atoms with Crippen LogP contribution in [0.5, 0.6) is 0 Å². The fraction of sp³-hybridized carbons (Fsp3) is 0.562. The first-order valence-corrected chi connectivity index (χ1v) is 8.16. The van der Waals surface area contributed by atoms with Crippen LogP contribution in [0.15, 0.2) is 29.2 Å². The molecule has 2 aromatic heterocycles. The summed E-state index contributed by atoms with van der Waals surface area (Å²) in [5.41, 5.74) is 1.20. The molecule has 0 aliphatic carbocycles. The van der Waals surface area contributed by atoms with Crippen LogP contribution in [0.25, 0.3) is 0 Å². The van der Waals surface area contributed by atoms with Crippen molar-refractivity contribution in [1.29, 1.82) is 0 Å². The van der Waals surface area contributed by atoms with E-state index < -0.39 is 0 Å². The van der Waals surface area contributed by atoms with Crippen LogP contribution in [-0.4, -0.2) is 58.0 Å². The van der Waals surface area contributed by atoms with Crippen molar-refractivity contribution in [2.45, 2.75) is 18.9 Å². The number of carbonyl (C=O) groups is 1. The smallest absolute Gasteiger partial charge is 0.322 e. The van der Waals surface area contributed by atoms with Gasteiger partial charge in [-0.15, -0.1) is 0 Å². The average Bonchev–Trinajstić information content (AvgIpc) is 3.19. The van der Waals surface area contributed by atoms with Crippen molar-refractivity contribution in [3.05, 3.63) is 30.3 Å². The number of anilines is 1. The number of urea groups is 1. The Labute approximate surface area is 141 Å². The van der Waals surface area contributed by atoms with E-state index in [9.17, 15) is 4.79 Å². The van der Waals surface area contributed by atoms with Gasteiger partial charge in [0.25, 0.3) is 0 Å². The topological polar surface area (TPSA) is 79.4 Å². The molecule has 0 saturated carbocycles. The zero-order valence-electron chi connectivity index (χ0n) is 14.3. The molecule has 8 heteroatoms. The number of rotatable bonds is 4. The molecule has 3 heterocycles. The van der Waals surface area contributed by atoms with Crippen molar-refractivity contribution in [2.24, 2.45) is 13.0 Å². The first kappa shape index (κ1) is 16.5. The molecule has 0 bridgehead atoms. The Balaban J connectivity index is 1.68. The molecule has 0 spiro atoms. The van der Waals surface area contributed by atoms with Crippen molar-refractivity contribution in [1.82, 2.24) is 24.7 Å². The Hall–Kier alpha value is -2.35. The molecule has 1 aliphatic heterocycles. The third-order valence-corrected chi connectivity index (χ3v) is 4.60. The van der Waals surface area contributed by atoms with E-state index >= 15 is 0 Å². The highest BCUT2D eigenvalue weighted by Gasteiger charge is 2.32. The van der Waals surface area contributed by atoms with Crippen molar-refractivity contribution in [2.75, 3.05) is 32.5 Å². The van der Waals surface area contributed by atoms with Gasteiger partial charge in [0.15, 0.2) is 5.82 Å². The van der Waals surface area contributed by atoms with Gasteiger partial charge in [-0.25, -0.2) is 4.79 Å². The van der Waals surface area contributed by atoms with Gasteiger partial charge in [0.05, 0.1) is 6.20 Å². The highest BCUT2D eigenvalue weighted by Crippen LogP contribution is 2.35. The van der Waals surface area contributed by atoms with Crippen LogP contribution < -0.4 is 5.32 Å². The number of amides is 2. The quantitative estimate of drug-likeness (QED) is 0.926. The number of carbonyl (C=O) groups excluding carboxylic acids is 1. The van der Waals surface area contributed by atoms with Crippen molar-refractivity contribution in [3.63, 3.8) is 0 Å². The Kier molecular flexibility index (Phi) is 4.84. The third kappa shape index (κ3) is 3.59. The molecule has 0 radical (unpaired) electrons. The maximum absolute atomic E-state index is 12.3. The number of nitrogens with one attached hydrogen (secondary N) is 1. The zero-order valence-corrected chi connectivity index (χ0v) is 14.3. The van der Waals surface area contributed by atoms with Crippen LogP contribution in [0, 0.1) is 5.92 Å². The van der Waals surface area contributed by atoms with E-state index in [0.717, 1.165) is 19.4 Å². The minimum atomic E-state index is -0.179. The number of likely N-dealkylation sites (tertiary alicyclic amines) is 1. The standard InChI is InChI=1S/C16H24N6O2/c1-20-7-4-5-12(15(20)13-9-17-22(3)11-13)10-21(2)16(23)18-14-6-8-24-19-14/h6,8-9,11-12,15H,4-5,7,10H2,1-3H3,(H,18,19,23)/t12-,15+/m0/s1. The number of hydrogen-bond donors (Lipinski definition) is 1. The molecule has 0 unspecified atom stereocenters. The van der Waals surface area contributed by atoms with Gasteiger partial charge in [0.2, 0.25) is 0 Å². The van der Waals surface area contributed by atoms with Crippen LogP contribution in [0.4, 0.5) is 10.6 Å². The predicted octanol–water partition coefficient (Wildman–Crippen LogP) is 1.95. The zero-order chi connectivity index (χ0) is 17.1. The maximum Gasteiger partial charge on any atom is 0.322 e.